The molecule has 0 aliphatic carbocycles. The summed E-state index contributed by atoms with van der Waals surface area (Å²) in [4.78, 5) is 51.5. The fraction of sp³-hybridized carbons (Fsp3) is 0.762. The maximum atomic E-state index is 13.3. The molecule has 3 saturated heterocycles. The number of esters is 4. The lowest BCUT2D eigenvalue weighted by Gasteiger charge is -2.54. The minimum Gasteiger partial charge on any atom is -0.466 e. The molecule has 0 aromatic carbocycles. The van der Waals surface area contributed by atoms with Crippen molar-refractivity contribution in [2.24, 2.45) is 16.2 Å². The Balaban J connectivity index is 1.84. The van der Waals surface area contributed by atoms with Gasteiger partial charge in [0.25, 0.3) is 0 Å². The highest BCUT2D eigenvalue weighted by Crippen LogP contribution is 2.50. The Hall–Kier alpha value is -3.22. The lowest BCUT2D eigenvalue weighted by Crippen LogP contribution is -2.62. The lowest BCUT2D eigenvalue weighted by atomic mass is 9.70. The van der Waals surface area contributed by atoms with Gasteiger partial charge >= 0.3 is 23.9 Å². The number of rotatable bonds is 4. The number of hydrogen-bond acceptors (Lipinski definition) is 16. The highest BCUT2D eigenvalue weighted by molar-refractivity contribution is 5.83. The summed E-state index contributed by atoms with van der Waals surface area (Å²) in [6.45, 7) is 13.1. The number of aliphatic hydroxyl groups is 5. The van der Waals surface area contributed by atoms with Crippen LogP contribution in [0.2, 0.25) is 0 Å². The SMILES string of the molecule is COC(=O)C=C1CC2C=CC(C)(C)C3(O)OC(CC(=CC(=O)OC)C3O)CC(C(C)O)OC(=O)CC(O)CC3CC(OC(=O)C(C)(C)C)C(C)(C)C(O)(CC(C1)O2)O3. The Morgan fingerprint density at radius 3 is 2.12 bits per heavy atom. The number of ether oxygens (including phenoxy) is 7. The van der Waals surface area contributed by atoms with Crippen molar-refractivity contribution in [1.82, 2.24) is 0 Å². The van der Waals surface area contributed by atoms with Gasteiger partial charge in [0.2, 0.25) is 5.79 Å². The molecular weight excluding hydrogens is 760 g/mol. The van der Waals surface area contributed by atoms with E-state index in [1.165, 1.54) is 20.1 Å². The van der Waals surface area contributed by atoms with Gasteiger partial charge in [0, 0.05) is 43.3 Å². The predicted octanol–water partition coefficient (Wildman–Crippen LogP) is 2.84. The van der Waals surface area contributed by atoms with E-state index < -0.39 is 113 Å². The number of aliphatic hydroxyl groups excluding tert-OH is 3. The van der Waals surface area contributed by atoms with E-state index >= 15 is 0 Å². The summed E-state index contributed by atoms with van der Waals surface area (Å²) in [5.74, 6) is -7.23. The highest BCUT2D eigenvalue weighted by atomic mass is 16.7. The first kappa shape index (κ1) is 47.5. The van der Waals surface area contributed by atoms with Crippen molar-refractivity contribution in [3.8, 4) is 0 Å². The third kappa shape index (κ3) is 10.9. The van der Waals surface area contributed by atoms with Gasteiger partial charge < -0.3 is 58.7 Å². The average molecular weight is 825 g/mol. The summed E-state index contributed by atoms with van der Waals surface area (Å²) in [6, 6.07) is 0. The molecule has 11 unspecified atom stereocenters. The maximum Gasteiger partial charge on any atom is 0.330 e. The normalized spacial score (nSPS) is 37.9. The topological polar surface area (TPSA) is 234 Å². The molecule has 0 aromatic heterocycles. The molecule has 4 aliphatic rings. The minimum absolute atomic E-state index is 0.0754. The van der Waals surface area contributed by atoms with Gasteiger partial charge in [0.1, 0.15) is 18.3 Å². The fourth-order valence-corrected chi connectivity index (χ4v) is 7.92. The smallest absolute Gasteiger partial charge is 0.330 e. The van der Waals surface area contributed by atoms with Gasteiger partial charge in [-0.1, -0.05) is 45.4 Å². The van der Waals surface area contributed by atoms with Crippen LogP contribution < -0.4 is 0 Å². The largest absolute Gasteiger partial charge is 0.466 e. The number of cyclic esters (lactones) is 1. The zero-order chi connectivity index (χ0) is 43.6. The number of fused-ring (bicyclic) bond motifs is 6. The van der Waals surface area contributed by atoms with Crippen LogP contribution in [0.5, 0.6) is 0 Å². The van der Waals surface area contributed by atoms with Crippen LogP contribution in [-0.4, -0.2) is 130 Å². The first-order valence-electron chi connectivity index (χ1n) is 19.9. The van der Waals surface area contributed by atoms with Crippen LogP contribution in [0.15, 0.2) is 35.5 Å². The van der Waals surface area contributed by atoms with Gasteiger partial charge in [-0.2, -0.15) is 0 Å². The molecule has 11 atom stereocenters. The Bertz CT molecular complexity index is 1610. The van der Waals surface area contributed by atoms with Crippen LogP contribution in [0.1, 0.15) is 107 Å². The molecule has 16 nitrogen and oxygen atoms in total. The second-order valence-corrected chi connectivity index (χ2v) is 18.3. The molecule has 0 radical (unpaired) electrons. The van der Waals surface area contributed by atoms with Crippen molar-refractivity contribution in [1.29, 1.82) is 0 Å². The summed E-state index contributed by atoms with van der Waals surface area (Å²) in [7, 11) is 2.41. The summed E-state index contributed by atoms with van der Waals surface area (Å²) < 4.78 is 40.6. The Morgan fingerprint density at radius 1 is 0.879 bits per heavy atom. The second-order valence-electron chi connectivity index (χ2n) is 18.3. The standard InChI is InChI=1S/C42H64O16/c1-23(43)31-20-28-16-25(17-34(46)53-10)36(48)42(51,58-28)39(5,6)12-11-27-13-24(15-33(45)52-9)14-30(54-27)22-41(50)40(7,8)32(56-37(49)38(2,3)4)21-29(57-41)18-26(44)19-35(47)55-31/h11-12,15,17,23,26-32,36,43-44,48,50-51H,13-14,16,18-22H2,1-10H3. The van der Waals surface area contributed by atoms with Gasteiger partial charge in [-0.3, -0.25) is 9.59 Å². The van der Waals surface area contributed by atoms with Crippen molar-refractivity contribution in [3.05, 3.63) is 35.5 Å². The highest BCUT2D eigenvalue weighted by Gasteiger charge is 2.59. The lowest BCUT2D eigenvalue weighted by molar-refractivity contribution is -0.349. The Labute approximate surface area is 340 Å². The molecule has 4 aliphatic heterocycles. The van der Waals surface area contributed by atoms with Gasteiger partial charge in [0.05, 0.1) is 68.1 Å². The summed E-state index contributed by atoms with van der Waals surface area (Å²) in [6.07, 6.45) is -5.04. The monoisotopic (exact) mass is 824 g/mol. The van der Waals surface area contributed by atoms with Crippen molar-refractivity contribution < 1.29 is 77.9 Å². The van der Waals surface area contributed by atoms with E-state index in [1.807, 2.05) is 0 Å². The number of carbonyl (C=O) groups is 4. The van der Waals surface area contributed by atoms with E-state index in [-0.39, 0.29) is 50.5 Å². The Kier molecular flexibility index (Phi) is 14.9. The first-order chi connectivity index (χ1) is 26.7. The van der Waals surface area contributed by atoms with E-state index in [0.29, 0.717) is 5.57 Å². The van der Waals surface area contributed by atoms with E-state index in [9.17, 15) is 44.7 Å². The van der Waals surface area contributed by atoms with Gasteiger partial charge in [-0.25, -0.2) is 9.59 Å². The zero-order valence-corrected chi connectivity index (χ0v) is 35.4. The molecule has 328 valence electrons. The van der Waals surface area contributed by atoms with Crippen LogP contribution in [0.3, 0.4) is 0 Å². The molecule has 58 heavy (non-hydrogen) atoms. The van der Waals surface area contributed by atoms with E-state index in [4.69, 9.17) is 33.2 Å². The second kappa shape index (κ2) is 18.2. The van der Waals surface area contributed by atoms with Gasteiger partial charge in [-0.15, -0.1) is 0 Å². The van der Waals surface area contributed by atoms with Crippen LogP contribution in [0.25, 0.3) is 0 Å². The van der Waals surface area contributed by atoms with Crippen molar-refractivity contribution >= 4 is 23.9 Å². The summed E-state index contributed by atoms with van der Waals surface area (Å²) >= 11 is 0. The molecule has 0 amide bonds. The van der Waals surface area contributed by atoms with Crippen molar-refractivity contribution in [2.45, 2.75) is 173 Å². The van der Waals surface area contributed by atoms with Crippen molar-refractivity contribution in [3.63, 3.8) is 0 Å². The van der Waals surface area contributed by atoms with E-state index in [2.05, 4.69) is 0 Å². The summed E-state index contributed by atoms with van der Waals surface area (Å²) in [5, 5.41) is 58.4. The van der Waals surface area contributed by atoms with Crippen molar-refractivity contribution in [2.75, 3.05) is 14.2 Å². The van der Waals surface area contributed by atoms with Crippen LogP contribution in [-0.2, 0) is 52.3 Å². The number of carbonyl (C=O) groups excluding carboxylic acids is 4. The van der Waals surface area contributed by atoms with E-state index in [0.717, 1.165) is 13.2 Å². The first-order valence-corrected chi connectivity index (χ1v) is 19.9. The minimum atomic E-state index is -2.40. The maximum absolute atomic E-state index is 13.3. The quantitative estimate of drug-likeness (QED) is 0.119. The molecule has 5 N–H and O–H groups in total. The van der Waals surface area contributed by atoms with Crippen LogP contribution in [0.4, 0.5) is 0 Å². The summed E-state index contributed by atoms with van der Waals surface area (Å²) in [5.41, 5.74) is -2.87. The molecule has 0 aromatic rings. The molecule has 0 saturated carbocycles. The van der Waals surface area contributed by atoms with Crippen LogP contribution in [0, 0.1) is 16.2 Å². The third-order valence-corrected chi connectivity index (χ3v) is 11.8. The molecule has 16 heteroatoms. The number of methoxy groups -OCH3 is 2. The molecule has 6 bridgehead atoms. The molecule has 3 fully saturated rings. The number of hydrogen-bond donors (Lipinski definition) is 5. The molecule has 4 rings (SSSR count). The van der Waals surface area contributed by atoms with Gasteiger partial charge in [0.15, 0.2) is 5.79 Å². The zero-order valence-electron chi connectivity index (χ0n) is 35.4. The molecule has 0 spiro atoms. The molecule has 4 heterocycles. The van der Waals surface area contributed by atoms with E-state index in [1.54, 1.807) is 60.6 Å². The van der Waals surface area contributed by atoms with Crippen LogP contribution >= 0.6 is 0 Å². The third-order valence-electron chi connectivity index (χ3n) is 11.8. The fourth-order valence-electron chi connectivity index (χ4n) is 7.92. The Morgan fingerprint density at radius 2 is 1.52 bits per heavy atom. The average Bonchev–Trinajstić information content (AvgIpc) is 3.10. The van der Waals surface area contributed by atoms with Gasteiger partial charge in [-0.05, 0) is 52.5 Å². The molecular formula is C42H64O16. The predicted molar refractivity (Wildman–Crippen MR) is 205 cm³/mol.